The number of hydrogen-bond donors (Lipinski definition) is 2. The van der Waals surface area contributed by atoms with Crippen LogP contribution >= 0.6 is 0 Å². The molecule has 24 heavy (non-hydrogen) atoms. The first-order valence-electron chi connectivity index (χ1n) is 8.67. The Labute approximate surface area is 145 Å². The van der Waals surface area contributed by atoms with Crippen LogP contribution in [0.3, 0.4) is 0 Å². The Morgan fingerprint density at radius 3 is 2.71 bits per heavy atom. The number of rotatable bonds is 7. The van der Waals surface area contributed by atoms with E-state index in [1.807, 2.05) is 12.5 Å². The molecule has 0 aliphatic heterocycles. The van der Waals surface area contributed by atoms with E-state index in [0.29, 0.717) is 18.5 Å². The molecule has 5 nitrogen and oxygen atoms in total. The summed E-state index contributed by atoms with van der Waals surface area (Å²) >= 11 is 0. The summed E-state index contributed by atoms with van der Waals surface area (Å²) in [5.74, 6) is 1.44. The Bertz CT molecular complexity index is 631. The van der Waals surface area contributed by atoms with Crippen molar-refractivity contribution in [1.29, 1.82) is 0 Å². The number of nitrogens with one attached hydrogen (secondary N) is 2. The maximum absolute atomic E-state index is 4.72. The van der Waals surface area contributed by atoms with E-state index >= 15 is 0 Å². The normalized spacial score (nSPS) is 13.1. The molecule has 0 amide bonds. The second-order valence-electron chi connectivity index (χ2n) is 6.43. The lowest BCUT2D eigenvalue weighted by molar-refractivity contribution is 0.481. The molecule has 0 aliphatic carbocycles. The van der Waals surface area contributed by atoms with E-state index in [1.165, 1.54) is 11.1 Å². The Balaban J connectivity index is 2.02. The van der Waals surface area contributed by atoms with Gasteiger partial charge in [0.05, 0.1) is 12.9 Å². The second kappa shape index (κ2) is 9.11. The quantitative estimate of drug-likeness (QED) is 0.607. The number of benzene rings is 1. The largest absolute Gasteiger partial charge is 0.357 e. The number of imidazole rings is 1. The first-order valence-corrected chi connectivity index (χ1v) is 8.67. The van der Waals surface area contributed by atoms with Crippen molar-refractivity contribution in [3.63, 3.8) is 0 Å². The highest BCUT2D eigenvalue weighted by Gasteiger charge is 2.08. The predicted octanol–water partition coefficient (Wildman–Crippen LogP) is 3.03. The van der Waals surface area contributed by atoms with Crippen LogP contribution in [0.2, 0.25) is 0 Å². The minimum atomic E-state index is 0.385. The van der Waals surface area contributed by atoms with Gasteiger partial charge in [-0.05, 0) is 30.9 Å². The molecule has 2 rings (SSSR count). The van der Waals surface area contributed by atoms with Crippen molar-refractivity contribution in [1.82, 2.24) is 20.2 Å². The Kier molecular flexibility index (Phi) is 6.85. The standard InChI is InChI=1S/C19H29N5/c1-5-21-19(23-16(4)15(2)3)22-12-17-7-6-8-18(11-17)13-24-10-9-20-14-24/h6-11,14-16H,5,12-13H2,1-4H3,(H2,21,22,23). The van der Waals surface area contributed by atoms with Gasteiger partial charge in [0.15, 0.2) is 5.96 Å². The summed E-state index contributed by atoms with van der Waals surface area (Å²) < 4.78 is 2.07. The van der Waals surface area contributed by atoms with Gasteiger partial charge in [-0.15, -0.1) is 0 Å². The molecular weight excluding hydrogens is 298 g/mol. The summed E-state index contributed by atoms with van der Waals surface area (Å²) in [6.45, 7) is 11.0. The summed E-state index contributed by atoms with van der Waals surface area (Å²) in [5.41, 5.74) is 2.47. The van der Waals surface area contributed by atoms with Crippen molar-refractivity contribution in [3.05, 3.63) is 54.1 Å². The zero-order valence-corrected chi connectivity index (χ0v) is 15.2. The molecule has 0 bridgehead atoms. The van der Waals surface area contributed by atoms with Gasteiger partial charge in [0.1, 0.15) is 0 Å². The van der Waals surface area contributed by atoms with E-state index in [4.69, 9.17) is 4.99 Å². The minimum Gasteiger partial charge on any atom is -0.357 e. The summed E-state index contributed by atoms with van der Waals surface area (Å²) in [6, 6.07) is 8.94. The number of guanidine groups is 1. The van der Waals surface area contributed by atoms with Crippen LogP contribution in [0.5, 0.6) is 0 Å². The van der Waals surface area contributed by atoms with E-state index < -0.39 is 0 Å². The maximum Gasteiger partial charge on any atom is 0.191 e. The number of aliphatic imine (C=N–C) groups is 1. The maximum atomic E-state index is 4.72. The summed E-state index contributed by atoms with van der Waals surface area (Å²) in [4.78, 5) is 8.81. The van der Waals surface area contributed by atoms with Gasteiger partial charge in [-0.3, -0.25) is 0 Å². The fourth-order valence-corrected chi connectivity index (χ4v) is 2.29. The Morgan fingerprint density at radius 1 is 1.25 bits per heavy atom. The van der Waals surface area contributed by atoms with Crippen LogP contribution in [0.15, 0.2) is 48.0 Å². The molecule has 1 unspecified atom stereocenters. The molecule has 5 heteroatoms. The third kappa shape index (κ3) is 5.72. The molecule has 1 atom stereocenters. The molecular formula is C19H29N5. The van der Waals surface area contributed by atoms with Gasteiger partial charge in [-0.25, -0.2) is 9.98 Å². The minimum absolute atomic E-state index is 0.385. The van der Waals surface area contributed by atoms with Gasteiger partial charge in [-0.1, -0.05) is 38.1 Å². The zero-order valence-electron chi connectivity index (χ0n) is 15.2. The van der Waals surface area contributed by atoms with Gasteiger partial charge in [0.2, 0.25) is 0 Å². The lowest BCUT2D eigenvalue weighted by Gasteiger charge is -2.20. The molecule has 1 aromatic heterocycles. The summed E-state index contributed by atoms with van der Waals surface area (Å²) in [5, 5.41) is 6.78. The smallest absolute Gasteiger partial charge is 0.191 e. The van der Waals surface area contributed by atoms with Crippen LogP contribution in [0.25, 0.3) is 0 Å². The van der Waals surface area contributed by atoms with Gasteiger partial charge in [0, 0.05) is 31.5 Å². The van der Waals surface area contributed by atoms with Crippen LogP contribution in [0.1, 0.15) is 38.8 Å². The molecule has 0 saturated heterocycles. The van der Waals surface area contributed by atoms with E-state index in [0.717, 1.165) is 19.0 Å². The van der Waals surface area contributed by atoms with Crippen LogP contribution in [-0.4, -0.2) is 28.1 Å². The molecule has 0 fully saturated rings. The van der Waals surface area contributed by atoms with Gasteiger partial charge in [0.25, 0.3) is 0 Å². The fourth-order valence-electron chi connectivity index (χ4n) is 2.29. The number of hydrogen-bond acceptors (Lipinski definition) is 2. The number of nitrogens with zero attached hydrogens (tertiary/aromatic N) is 3. The Morgan fingerprint density at radius 2 is 2.04 bits per heavy atom. The highest BCUT2D eigenvalue weighted by molar-refractivity contribution is 5.80. The molecule has 130 valence electrons. The van der Waals surface area contributed by atoms with E-state index in [-0.39, 0.29) is 0 Å². The van der Waals surface area contributed by atoms with E-state index in [2.05, 4.69) is 72.1 Å². The SMILES string of the molecule is CCNC(=NCc1cccc(Cn2ccnc2)c1)NC(C)C(C)C. The van der Waals surface area contributed by atoms with Gasteiger partial charge < -0.3 is 15.2 Å². The average Bonchev–Trinajstić information content (AvgIpc) is 3.06. The van der Waals surface area contributed by atoms with Crippen LogP contribution in [-0.2, 0) is 13.1 Å². The molecule has 0 saturated carbocycles. The van der Waals surface area contributed by atoms with Crippen LogP contribution in [0.4, 0.5) is 0 Å². The molecule has 0 radical (unpaired) electrons. The van der Waals surface area contributed by atoms with Crippen molar-refractivity contribution in [2.24, 2.45) is 10.9 Å². The fraction of sp³-hybridized carbons (Fsp3) is 0.474. The van der Waals surface area contributed by atoms with Crippen molar-refractivity contribution < 1.29 is 0 Å². The Hall–Kier alpha value is -2.30. The molecule has 1 heterocycles. The lowest BCUT2D eigenvalue weighted by atomic mass is 10.1. The van der Waals surface area contributed by atoms with E-state index in [1.54, 1.807) is 6.20 Å². The molecule has 0 spiro atoms. The first-order chi connectivity index (χ1) is 11.6. The third-order valence-electron chi connectivity index (χ3n) is 4.04. The molecule has 0 aliphatic rings. The highest BCUT2D eigenvalue weighted by Crippen LogP contribution is 2.09. The van der Waals surface area contributed by atoms with Gasteiger partial charge in [-0.2, -0.15) is 0 Å². The molecule has 1 aromatic carbocycles. The first kappa shape index (κ1) is 18.0. The lowest BCUT2D eigenvalue weighted by Crippen LogP contribution is -2.44. The topological polar surface area (TPSA) is 54.2 Å². The highest BCUT2D eigenvalue weighted by atomic mass is 15.2. The number of aromatic nitrogens is 2. The van der Waals surface area contributed by atoms with Crippen molar-refractivity contribution >= 4 is 5.96 Å². The second-order valence-corrected chi connectivity index (χ2v) is 6.43. The van der Waals surface area contributed by atoms with Crippen molar-refractivity contribution in [3.8, 4) is 0 Å². The van der Waals surface area contributed by atoms with Gasteiger partial charge >= 0.3 is 0 Å². The monoisotopic (exact) mass is 327 g/mol. The summed E-state index contributed by atoms with van der Waals surface area (Å²) in [6.07, 6.45) is 5.62. The van der Waals surface area contributed by atoms with Crippen LogP contribution in [0, 0.1) is 5.92 Å². The van der Waals surface area contributed by atoms with E-state index in [9.17, 15) is 0 Å². The van der Waals surface area contributed by atoms with Crippen molar-refractivity contribution in [2.75, 3.05) is 6.54 Å². The van der Waals surface area contributed by atoms with Crippen LogP contribution < -0.4 is 10.6 Å². The molecule has 2 N–H and O–H groups in total. The average molecular weight is 327 g/mol. The summed E-state index contributed by atoms with van der Waals surface area (Å²) in [7, 11) is 0. The third-order valence-corrected chi connectivity index (χ3v) is 4.04. The predicted molar refractivity (Wildman–Crippen MR) is 100 cm³/mol. The molecule has 2 aromatic rings. The zero-order chi connectivity index (χ0) is 17.4. The van der Waals surface area contributed by atoms with Crippen molar-refractivity contribution in [2.45, 2.75) is 46.8 Å².